The fourth-order valence-electron chi connectivity index (χ4n) is 7.25. The molecule has 4 rings (SSSR count). The Bertz CT molecular complexity index is 1190. The highest BCUT2D eigenvalue weighted by molar-refractivity contribution is 5.96. The second-order valence-corrected chi connectivity index (χ2v) is 14.3. The van der Waals surface area contributed by atoms with Crippen LogP contribution < -0.4 is 10.6 Å². The molecule has 0 bridgehead atoms. The quantitative estimate of drug-likeness (QED) is 0.202. The molecule has 4 atom stereocenters. The van der Waals surface area contributed by atoms with E-state index >= 15 is 0 Å². The SMILES string of the molecule is CC(C)c1cccc(C(C)C)c1NC(=O)[C@@H]1CCC[N+]1([O-])CC[N+]1([O-])CCC[C@H]1C(=O)Nc1c(C(C)C)cccc1C(C)C. The maximum atomic E-state index is 14.2. The molecule has 2 aromatic carbocycles. The Labute approximate surface area is 264 Å². The summed E-state index contributed by atoms with van der Waals surface area (Å²) in [6.07, 6.45) is 2.25. The minimum atomic E-state index is -0.775. The number of benzene rings is 2. The van der Waals surface area contributed by atoms with Gasteiger partial charge in [0.15, 0.2) is 12.1 Å². The van der Waals surface area contributed by atoms with Crippen LogP contribution >= 0.6 is 0 Å². The fourth-order valence-corrected chi connectivity index (χ4v) is 7.25. The molecule has 2 fully saturated rings. The normalized spacial score (nSPS) is 25.4. The lowest BCUT2D eigenvalue weighted by molar-refractivity contribution is -0.938. The van der Waals surface area contributed by atoms with Crippen LogP contribution in [0.25, 0.3) is 0 Å². The van der Waals surface area contributed by atoms with Crippen molar-refractivity contribution in [1.29, 1.82) is 0 Å². The molecule has 8 heteroatoms. The van der Waals surface area contributed by atoms with Crippen LogP contribution in [0.3, 0.4) is 0 Å². The molecule has 8 nitrogen and oxygen atoms in total. The molecule has 242 valence electrons. The molecule has 2 saturated heterocycles. The summed E-state index contributed by atoms with van der Waals surface area (Å²) in [6.45, 7) is 17.5. The van der Waals surface area contributed by atoms with Gasteiger partial charge in [-0.05, 0) is 45.9 Å². The first kappa shape index (κ1) is 34.1. The van der Waals surface area contributed by atoms with Crippen LogP contribution in [0.4, 0.5) is 11.4 Å². The van der Waals surface area contributed by atoms with Crippen molar-refractivity contribution < 1.29 is 18.9 Å². The standard InChI is InChI=1S/C36H54N4O4/c1-23(2)27-13-9-14-28(24(3)4)33(27)37-35(41)31-17-11-19-39(31,43)21-22-40(44)20-12-18-32(40)36(42)38-34-29(25(5)6)15-10-16-30(34)26(7)8/h9-10,13-16,23-26,31-32H,11-12,17-22H2,1-8H3,(H,37,41)(H,38,42)/t31-,32-,39?,40?/m0/s1. The van der Waals surface area contributed by atoms with E-state index in [1.54, 1.807) is 0 Å². The average molecular weight is 607 g/mol. The summed E-state index contributed by atoms with van der Waals surface area (Å²) in [6, 6.07) is 10.6. The van der Waals surface area contributed by atoms with Crippen LogP contribution in [0.1, 0.15) is 127 Å². The van der Waals surface area contributed by atoms with Crippen LogP contribution in [-0.2, 0) is 9.59 Å². The first-order valence-corrected chi connectivity index (χ1v) is 16.7. The second-order valence-electron chi connectivity index (χ2n) is 14.3. The minimum Gasteiger partial charge on any atom is -0.632 e. The van der Waals surface area contributed by atoms with E-state index in [4.69, 9.17) is 0 Å². The van der Waals surface area contributed by atoms with Gasteiger partial charge in [-0.1, -0.05) is 91.8 Å². The number of hydroxylamine groups is 6. The lowest BCUT2D eigenvalue weighted by Gasteiger charge is -2.49. The molecule has 2 heterocycles. The molecule has 2 N–H and O–H groups in total. The topological polar surface area (TPSA) is 104 Å². The Morgan fingerprint density at radius 2 is 0.932 bits per heavy atom. The van der Waals surface area contributed by atoms with Crippen LogP contribution in [0, 0.1) is 10.4 Å². The summed E-state index contributed by atoms with van der Waals surface area (Å²) in [5.74, 6) is 0.314. The van der Waals surface area contributed by atoms with Crippen LogP contribution in [0.5, 0.6) is 0 Å². The molecule has 0 aliphatic carbocycles. The van der Waals surface area contributed by atoms with E-state index in [9.17, 15) is 20.0 Å². The van der Waals surface area contributed by atoms with Gasteiger partial charge in [-0.15, -0.1) is 0 Å². The van der Waals surface area contributed by atoms with Gasteiger partial charge in [0, 0.05) is 37.1 Å². The largest absolute Gasteiger partial charge is 0.632 e. The molecule has 2 aliphatic rings. The fraction of sp³-hybridized carbons (Fsp3) is 0.611. The summed E-state index contributed by atoms with van der Waals surface area (Å²) in [5, 5.41) is 34.8. The Hall–Kier alpha value is -2.78. The van der Waals surface area contributed by atoms with E-state index in [0.717, 1.165) is 33.6 Å². The first-order chi connectivity index (χ1) is 20.7. The van der Waals surface area contributed by atoms with Gasteiger partial charge in [0.25, 0.3) is 11.8 Å². The summed E-state index contributed by atoms with van der Waals surface area (Å²) in [5.41, 5.74) is 5.85. The maximum absolute atomic E-state index is 14.2. The number of hydrogen-bond donors (Lipinski definition) is 2. The zero-order valence-corrected chi connectivity index (χ0v) is 28.1. The summed E-state index contributed by atoms with van der Waals surface area (Å²) < 4.78 is -1.42. The number of amides is 2. The smallest absolute Gasteiger partial charge is 0.283 e. The van der Waals surface area contributed by atoms with Gasteiger partial charge >= 0.3 is 0 Å². The first-order valence-electron chi connectivity index (χ1n) is 16.7. The lowest BCUT2D eigenvalue weighted by atomic mass is 9.92. The van der Waals surface area contributed by atoms with Crippen LogP contribution in [-0.4, -0.2) is 59.4 Å². The molecule has 0 radical (unpaired) electrons. The number of rotatable bonds is 11. The van der Waals surface area contributed by atoms with Crippen molar-refractivity contribution in [1.82, 2.24) is 0 Å². The monoisotopic (exact) mass is 606 g/mol. The number of anilines is 2. The summed E-state index contributed by atoms with van der Waals surface area (Å²) in [7, 11) is 0. The molecular formula is C36H54N4O4. The van der Waals surface area contributed by atoms with Gasteiger partial charge in [-0.25, -0.2) is 0 Å². The molecular weight excluding hydrogens is 552 g/mol. The highest BCUT2D eigenvalue weighted by Crippen LogP contribution is 2.37. The van der Waals surface area contributed by atoms with Crippen molar-refractivity contribution in [2.24, 2.45) is 0 Å². The van der Waals surface area contributed by atoms with Crippen molar-refractivity contribution in [3.63, 3.8) is 0 Å². The van der Waals surface area contributed by atoms with Gasteiger partial charge in [-0.3, -0.25) is 9.59 Å². The third kappa shape index (κ3) is 7.04. The van der Waals surface area contributed by atoms with Crippen molar-refractivity contribution in [3.8, 4) is 0 Å². The van der Waals surface area contributed by atoms with Crippen LogP contribution in [0.2, 0.25) is 0 Å². The van der Waals surface area contributed by atoms with Crippen molar-refractivity contribution in [3.05, 3.63) is 69.1 Å². The molecule has 2 unspecified atom stereocenters. The molecule has 44 heavy (non-hydrogen) atoms. The van der Waals surface area contributed by atoms with Gasteiger partial charge in [0.1, 0.15) is 13.1 Å². The van der Waals surface area contributed by atoms with Gasteiger partial charge in [0.2, 0.25) is 0 Å². The van der Waals surface area contributed by atoms with Gasteiger partial charge < -0.3 is 30.3 Å². The van der Waals surface area contributed by atoms with E-state index in [2.05, 4.69) is 66.0 Å². The summed E-state index contributed by atoms with van der Waals surface area (Å²) in [4.78, 5) is 27.5. The van der Waals surface area contributed by atoms with E-state index in [0.29, 0.717) is 38.8 Å². The molecule has 2 aromatic rings. The van der Waals surface area contributed by atoms with E-state index in [-0.39, 0.29) is 48.6 Å². The Kier molecular flexibility index (Phi) is 10.6. The third-order valence-electron chi connectivity index (χ3n) is 9.87. The van der Waals surface area contributed by atoms with E-state index in [1.165, 1.54) is 0 Å². The second kappa shape index (κ2) is 13.7. The molecule has 2 amide bonds. The predicted octanol–water partition coefficient (Wildman–Crippen LogP) is 7.71. The van der Waals surface area contributed by atoms with Gasteiger partial charge in [-0.2, -0.15) is 0 Å². The van der Waals surface area contributed by atoms with E-state index < -0.39 is 21.4 Å². The van der Waals surface area contributed by atoms with Crippen molar-refractivity contribution in [2.45, 2.75) is 117 Å². The van der Waals surface area contributed by atoms with Crippen molar-refractivity contribution >= 4 is 23.2 Å². The third-order valence-corrected chi connectivity index (χ3v) is 9.87. The van der Waals surface area contributed by atoms with Crippen LogP contribution in [0.15, 0.2) is 36.4 Å². The molecule has 0 aromatic heterocycles. The van der Waals surface area contributed by atoms with Gasteiger partial charge in [0.05, 0.1) is 13.1 Å². The number of nitrogens with one attached hydrogen (secondary N) is 2. The highest BCUT2D eigenvalue weighted by atomic mass is 16.6. The molecule has 0 spiro atoms. The Morgan fingerprint density at radius 1 is 0.636 bits per heavy atom. The van der Waals surface area contributed by atoms with Crippen molar-refractivity contribution in [2.75, 3.05) is 36.8 Å². The number of hydrogen-bond acceptors (Lipinski definition) is 4. The number of carbonyl (C=O) groups is 2. The number of para-hydroxylation sites is 2. The average Bonchev–Trinajstić information content (AvgIpc) is 3.54. The highest BCUT2D eigenvalue weighted by Gasteiger charge is 2.45. The zero-order valence-electron chi connectivity index (χ0n) is 28.1. The summed E-state index contributed by atoms with van der Waals surface area (Å²) >= 11 is 0. The predicted molar refractivity (Wildman–Crippen MR) is 179 cm³/mol. The zero-order chi connectivity index (χ0) is 32.4. The maximum Gasteiger partial charge on any atom is 0.283 e. The number of carbonyl (C=O) groups excluding carboxylic acids is 2. The Balaban J connectivity index is 1.51. The lowest BCUT2D eigenvalue weighted by Crippen LogP contribution is -2.60. The minimum absolute atomic E-state index is 0.0219. The molecule has 2 aliphatic heterocycles. The number of quaternary nitrogens is 2. The van der Waals surface area contributed by atoms with E-state index in [1.807, 2.05) is 36.4 Å². The molecule has 0 saturated carbocycles. The number of likely N-dealkylation sites (tertiary alicyclic amines) is 2. The Morgan fingerprint density at radius 3 is 1.20 bits per heavy atom. The number of nitrogens with zero attached hydrogens (tertiary/aromatic N) is 2.